The second-order valence-electron chi connectivity index (χ2n) is 7.98. The van der Waals surface area contributed by atoms with Crippen LogP contribution in [0.5, 0.6) is 0 Å². The molecule has 1 amide bonds. The zero-order valence-electron chi connectivity index (χ0n) is 16.2. The molecule has 2 aliphatic rings. The Labute approximate surface area is 167 Å². The number of rotatable bonds is 5. The number of carbonyl (C=O) groups excluding carboxylic acids is 1. The van der Waals surface area contributed by atoms with Crippen molar-refractivity contribution in [3.05, 3.63) is 52.7 Å². The molecule has 1 saturated heterocycles. The van der Waals surface area contributed by atoms with E-state index in [9.17, 15) is 9.59 Å². The van der Waals surface area contributed by atoms with Crippen LogP contribution in [-0.4, -0.2) is 44.8 Å². The van der Waals surface area contributed by atoms with Crippen LogP contribution in [0.25, 0.3) is 10.9 Å². The number of aromatic nitrogens is 4. The summed E-state index contributed by atoms with van der Waals surface area (Å²) in [7, 11) is 0. The maximum absolute atomic E-state index is 12.5. The number of nitrogens with one attached hydrogen (secondary N) is 2. The Morgan fingerprint density at radius 2 is 1.97 bits per heavy atom. The molecule has 3 heterocycles. The first kappa shape index (κ1) is 17.9. The van der Waals surface area contributed by atoms with Crippen LogP contribution in [0.2, 0.25) is 0 Å². The maximum atomic E-state index is 12.5. The summed E-state index contributed by atoms with van der Waals surface area (Å²) >= 11 is 0. The van der Waals surface area contributed by atoms with Crippen LogP contribution in [0.15, 0.2) is 41.5 Å². The van der Waals surface area contributed by atoms with Gasteiger partial charge >= 0.3 is 0 Å². The summed E-state index contributed by atoms with van der Waals surface area (Å²) in [6.45, 7) is 1.70. The average Bonchev–Trinajstić information content (AvgIpc) is 3.48. The molecule has 0 spiro atoms. The van der Waals surface area contributed by atoms with Crippen molar-refractivity contribution in [2.24, 2.45) is 0 Å². The molecule has 1 aliphatic carbocycles. The first-order valence-electron chi connectivity index (χ1n) is 10.2. The fourth-order valence-corrected chi connectivity index (χ4v) is 3.99. The predicted molar refractivity (Wildman–Crippen MR) is 110 cm³/mol. The number of anilines is 1. The van der Waals surface area contributed by atoms with Gasteiger partial charge in [0.1, 0.15) is 6.54 Å². The Morgan fingerprint density at radius 3 is 2.76 bits per heavy atom. The molecule has 2 fully saturated rings. The molecule has 150 valence electrons. The molecule has 5 rings (SSSR count). The summed E-state index contributed by atoms with van der Waals surface area (Å²) in [6, 6.07) is 9.45. The Morgan fingerprint density at radius 1 is 1.17 bits per heavy atom. The van der Waals surface area contributed by atoms with Gasteiger partial charge < -0.3 is 10.2 Å². The highest BCUT2D eigenvalue weighted by atomic mass is 16.2. The van der Waals surface area contributed by atoms with Crippen molar-refractivity contribution in [2.45, 2.75) is 44.2 Å². The number of nitrogens with zero attached hydrogens (tertiary/aromatic N) is 4. The van der Waals surface area contributed by atoms with Crippen LogP contribution in [0.4, 0.5) is 5.82 Å². The maximum Gasteiger partial charge on any atom is 0.261 e. The summed E-state index contributed by atoms with van der Waals surface area (Å²) in [4.78, 5) is 31.5. The van der Waals surface area contributed by atoms with Gasteiger partial charge in [-0.05, 0) is 37.8 Å². The molecule has 8 heteroatoms. The predicted octanol–water partition coefficient (Wildman–Crippen LogP) is 1.78. The van der Waals surface area contributed by atoms with Crippen molar-refractivity contribution in [1.82, 2.24) is 25.1 Å². The molecule has 3 aromatic rings. The zero-order valence-corrected chi connectivity index (χ0v) is 16.2. The molecule has 29 heavy (non-hydrogen) atoms. The SMILES string of the molecule is O=C(Cn1cnc2ccccc2c1=O)NC1CCN(c2cc(C3CC3)[nH]n2)CC1. The standard InChI is InChI=1S/C21H24N6O2/c28-20(12-27-13-22-17-4-2-1-3-16(17)21(27)29)23-15-7-9-26(10-8-15)19-11-18(24-25-19)14-5-6-14/h1-4,11,13-15H,5-10,12H2,(H,23,28)(H,24,25). The summed E-state index contributed by atoms with van der Waals surface area (Å²) < 4.78 is 1.37. The molecule has 0 bridgehead atoms. The number of amides is 1. The molecule has 0 radical (unpaired) electrons. The van der Waals surface area contributed by atoms with Gasteiger partial charge in [-0.1, -0.05) is 12.1 Å². The number of benzene rings is 1. The third-order valence-electron chi connectivity index (χ3n) is 5.83. The Balaban J connectivity index is 1.17. The number of hydrogen-bond acceptors (Lipinski definition) is 5. The largest absolute Gasteiger partial charge is 0.355 e. The van der Waals surface area contributed by atoms with Crippen molar-refractivity contribution < 1.29 is 4.79 Å². The highest BCUT2D eigenvalue weighted by molar-refractivity contribution is 5.79. The van der Waals surface area contributed by atoms with Crippen molar-refractivity contribution in [2.75, 3.05) is 18.0 Å². The van der Waals surface area contributed by atoms with E-state index in [2.05, 4.69) is 31.5 Å². The van der Waals surface area contributed by atoms with Gasteiger partial charge in [-0.25, -0.2) is 4.98 Å². The van der Waals surface area contributed by atoms with Gasteiger partial charge in [-0.15, -0.1) is 0 Å². The highest BCUT2D eigenvalue weighted by Crippen LogP contribution is 2.40. The summed E-state index contributed by atoms with van der Waals surface area (Å²) in [5.74, 6) is 1.52. The topological polar surface area (TPSA) is 95.9 Å². The molecular weight excluding hydrogens is 368 g/mol. The van der Waals surface area contributed by atoms with Crippen LogP contribution in [0, 0.1) is 0 Å². The van der Waals surface area contributed by atoms with Gasteiger partial charge in [0, 0.05) is 36.8 Å². The van der Waals surface area contributed by atoms with Crippen LogP contribution in [0.1, 0.15) is 37.3 Å². The number of hydrogen-bond donors (Lipinski definition) is 2. The summed E-state index contributed by atoms with van der Waals surface area (Å²) in [5.41, 5.74) is 1.69. The molecule has 8 nitrogen and oxygen atoms in total. The summed E-state index contributed by atoms with van der Waals surface area (Å²) in [6.07, 6.45) is 5.68. The lowest BCUT2D eigenvalue weighted by molar-refractivity contribution is -0.122. The van der Waals surface area contributed by atoms with Crippen LogP contribution in [0.3, 0.4) is 0 Å². The van der Waals surface area contributed by atoms with Crippen molar-refractivity contribution in [1.29, 1.82) is 0 Å². The van der Waals surface area contributed by atoms with E-state index in [1.54, 1.807) is 18.2 Å². The van der Waals surface area contributed by atoms with Crippen LogP contribution < -0.4 is 15.8 Å². The van der Waals surface area contributed by atoms with Crippen LogP contribution >= 0.6 is 0 Å². The highest BCUT2D eigenvalue weighted by Gasteiger charge is 2.27. The number of fused-ring (bicyclic) bond motifs is 1. The quantitative estimate of drug-likeness (QED) is 0.690. The minimum absolute atomic E-state index is 0.0129. The lowest BCUT2D eigenvalue weighted by atomic mass is 10.0. The van der Waals surface area contributed by atoms with Gasteiger partial charge in [0.15, 0.2) is 5.82 Å². The normalized spacial score (nSPS) is 17.6. The minimum atomic E-state index is -0.189. The molecule has 2 aromatic heterocycles. The van der Waals surface area contributed by atoms with Gasteiger partial charge in [0.05, 0.1) is 17.2 Å². The molecule has 1 saturated carbocycles. The van der Waals surface area contributed by atoms with E-state index < -0.39 is 0 Å². The van der Waals surface area contributed by atoms with Gasteiger partial charge in [0.2, 0.25) is 5.91 Å². The Bertz CT molecular complexity index is 1090. The number of carbonyl (C=O) groups is 1. The third kappa shape index (κ3) is 3.74. The lowest BCUT2D eigenvalue weighted by Crippen LogP contribution is -2.46. The van der Waals surface area contributed by atoms with E-state index in [4.69, 9.17) is 0 Å². The molecule has 1 aromatic carbocycles. The van der Waals surface area contributed by atoms with Crippen LogP contribution in [-0.2, 0) is 11.3 Å². The molecule has 0 atom stereocenters. The first-order valence-corrected chi connectivity index (χ1v) is 10.2. The zero-order chi connectivity index (χ0) is 19.8. The lowest BCUT2D eigenvalue weighted by Gasteiger charge is -2.32. The second-order valence-corrected chi connectivity index (χ2v) is 7.98. The number of piperidine rings is 1. The van der Waals surface area contributed by atoms with Gasteiger partial charge in [0.25, 0.3) is 5.56 Å². The third-order valence-corrected chi connectivity index (χ3v) is 5.83. The first-order chi connectivity index (χ1) is 14.2. The average molecular weight is 392 g/mol. The summed E-state index contributed by atoms with van der Waals surface area (Å²) in [5, 5.41) is 11.2. The van der Waals surface area contributed by atoms with Crippen molar-refractivity contribution in [3.8, 4) is 0 Å². The van der Waals surface area contributed by atoms with Crippen molar-refractivity contribution >= 4 is 22.6 Å². The Hall–Kier alpha value is -3.16. The number of para-hydroxylation sites is 1. The second kappa shape index (κ2) is 7.35. The Kier molecular flexibility index (Phi) is 4.54. The smallest absolute Gasteiger partial charge is 0.261 e. The number of H-pyrrole nitrogens is 1. The van der Waals surface area contributed by atoms with E-state index in [0.29, 0.717) is 16.8 Å². The molecular formula is C21H24N6O2. The van der Waals surface area contributed by atoms with E-state index >= 15 is 0 Å². The van der Waals surface area contributed by atoms with E-state index in [1.165, 1.54) is 29.4 Å². The minimum Gasteiger partial charge on any atom is -0.355 e. The molecule has 2 N–H and O–H groups in total. The monoisotopic (exact) mass is 392 g/mol. The van der Waals surface area contributed by atoms with E-state index in [0.717, 1.165) is 31.7 Å². The fraction of sp³-hybridized carbons (Fsp3) is 0.429. The van der Waals surface area contributed by atoms with E-state index in [-0.39, 0.29) is 24.1 Å². The van der Waals surface area contributed by atoms with Gasteiger partial charge in [-0.3, -0.25) is 19.3 Å². The van der Waals surface area contributed by atoms with Crippen molar-refractivity contribution in [3.63, 3.8) is 0 Å². The fourth-order valence-electron chi connectivity index (χ4n) is 3.99. The van der Waals surface area contributed by atoms with E-state index in [1.807, 2.05) is 6.07 Å². The molecule has 0 unspecified atom stereocenters. The number of aromatic amines is 1. The van der Waals surface area contributed by atoms with Gasteiger partial charge in [-0.2, -0.15) is 5.10 Å². The molecule has 1 aliphatic heterocycles.